The molecule has 0 aliphatic rings. The van der Waals surface area contributed by atoms with Gasteiger partial charge in [-0.15, -0.1) is 35.3 Å². The Morgan fingerprint density at radius 3 is 2.57 bits per heavy atom. The van der Waals surface area contributed by atoms with E-state index in [0.29, 0.717) is 18.3 Å². The standard InChI is InChI=1S/C22H27N3O3S.HI/c1-4-23-21(25-15-22(2,26)20-6-5-13-28-20)24-14-18-11-12-19(29-18)16-7-9-17(27-3)10-8-16;/h5-13,26H,4,14-15H2,1-3H3,(H2,23,24,25);1H. The fourth-order valence-electron chi connectivity index (χ4n) is 2.80. The van der Waals surface area contributed by atoms with Gasteiger partial charge in [-0.2, -0.15) is 0 Å². The molecule has 2 heterocycles. The molecule has 1 atom stereocenters. The molecule has 0 aliphatic heterocycles. The second kappa shape index (κ2) is 11.4. The van der Waals surface area contributed by atoms with E-state index in [1.54, 1.807) is 43.8 Å². The van der Waals surface area contributed by atoms with Crippen LogP contribution in [0.15, 0.2) is 64.2 Å². The van der Waals surface area contributed by atoms with Crippen LogP contribution in [-0.2, 0) is 12.1 Å². The van der Waals surface area contributed by atoms with E-state index in [1.165, 1.54) is 4.88 Å². The molecule has 0 aliphatic carbocycles. The summed E-state index contributed by atoms with van der Waals surface area (Å²) in [5, 5.41) is 17.0. The molecule has 0 spiro atoms. The van der Waals surface area contributed by atoms with E-state index in [0.717, 1.165) is 22.7 Å². The number of guanidine groups is 1. The summed E-state index contributed by atoms with van der Waals surface area (Å²) in [5.41, 5.74) is 0.0370. The van der Waals surface area contributed by atoms with Gasteiger partial charge in [0.2, 0.25) is 0 Å². The molecule has 1 unspecified atom stereocenters. The molecule has 30 heavy (non-hydrogen) atoms. The fourth-order valence-corrected chi connectivity index (χ4v) is 3.74. The third kappa shape index (κ3) is 6.48. The number of nitrogens with one attached hydrogen (secondary N) is 2. The van der Waals surface area contributed by atoms with E-state index in [4.69, 9.17) is 9.15 Å². The summed E-state index contributed by atoms with van der Waals surface area (Å²) < 4.78 is 10.5. The van der Waals surface area contributed by atoms with Crippen LogP contribution >= 0.6 is 35.3 Å². The highest BCUT2D eigenvalue weighted by molar-refractivity contribution is 14.0. The Morgan fingerprint density at radius 1 is 1.17 bits per heavy atom. The van der Waals surface area contributed by atoms with Crippen molar-refractivity contribution in [1.29, 1.82) is 0 Å². The Balaban J connectivity index is 0.00000320. The Hall–Kier alpha value is -2.04. The maximum Gasteiger partial charge on any atom is 0.191 e. The van der Waals surface area contributed by atoms with Gasteiger partial charge in [-0.25, -0.2) is 4.99 Å². The number of benzene rings is 1. The van der Waals surface area contributed by atoms with Gasteiger partial charge in [0.05, 0.1) is 26.5 Å². The van der Waals surface area contributed by atoms with Crippen molar-refractivity contribution in [2.24, 2.45) is 4.99 Å². The van der Waals surface area contributed by atoms with Crippen molar-refractivity contribution >= 4 is 41.3 Å². The molecule has 0 fully saturated rings. The molecule has 8 heteroatoms. The highest BCUT2D eigenvalue weighted by Crippen LogP contribution is 2.29. The van der Waals surface area contributed by atoms with Gasteiger partial charge in [0.15, 0.2) is 5.96 Å². The SMILES string of the molecule is CCNC(=NCc1ccc(-c2ccc(OC)cc2)s1)NCC(C)(O)c1ccco1.I. The van der Waals surface area contributed by atoms with Gasteiger partial charge < -0.3 is 24.9 Å². The topological polar surface area (TPSA) is 79.0 Å². The first-order valence-corrected chi connectivity index (χ1v) is 10.3. The quantitative estimate of drug-likeness (QED) is 0.221. The Morgan fingerprint density at radius 2 is 1.93 bits per heavy atom. The number of nitrogens with zero attached hydrogens (tertiary/aromatic N) is 1. The number of rotatable bonds is 8. The molecular formula is C22H28IN3O3S. The van der Waals surface area contributed by atoms with Crippen LogP contribution in [0, 0.1) is 0 Å². The zero-order valence-corrected chi connectivity index (χ0v) is 20.5. The van der Waals surface area contributed by atoms with Crippen molar-refractivity contribution in [2.75, 3.05) is 20.2 Å². The minimum absolute atomic E-state index is 0. The van der Waals surface area contributed by atoms with E-state index in [1.807, 2.05) is 19.1 Å². The average molecular weight is 541 g/mol. The third-order valence-corrected chi connectivity index (χ3v) is 5.54. The predicted octanol–water partition coefficient (Wildman–Crippen LogP) is 4.60. The third-order valence-electron chi connectivity index (χ3n) is 4.43. The summed E-state index contributed by atoms with van der Waals surface area (Å²) in [6, 6.07) is 15.8. The average Bonchev–Trinajstić information content (AvgIpc) is 3.43. The number of furan rings is 1. The van der Waals surface area contributed by atoms with Crippen LogP contribution in [0.5, 0.6) is 5.75 Å². The zero-order chi connectivity index (χ0) is 20.7. The van der Waals surface area contributed by atoms with Crippen molar-refractivity contribution in [1.82, 2.24) is 10.6 Å². The maximum atomic E-state index is 10.6. The summed E-state index contributed by atoms with van der Waals surface area (Å²) in [4.78, 5) is 7.00. The molecule has 3 aromatic rings. The van der Waals surface area contributed by atoms with Crippen LogP contribution in [0.2, 0.25) is 0 Å². The number of hydrogen-bond acceptors (Lipinski definition) is 5. The van der Waals surface area contributed by atoms with Gasteiger partial charge in [0.1, 0.15) is 17.1 Å². The predicted molar refractivity (Wildman–Crippen MR) is 133 cm³/mol. The Kier molecular flexibility index (Phi) is 9.19. The van der Waals surface area contributed by atoms with Gasteiger partial charge in [0, 0.05) is 16.3 Å². The van der Waals surface area contributed by atoms with Gasteiger partial charge in [-0.1, -0.05) is 0 Å². The molecule has 2 aromatic heterocycles. The lowest BCUT2D eigenvalue weighted by atomic mass is 10.0. The summed E-state index contributed by atoms with van der Waals surface area (Å²) in [6.45, 7) is 5.29. The normalized spacial score (nSPS) is 13.3. The molecule has 3 N–H and O–H groups in total. The molecule has 0 saturated carbocycles. The van der Waals surface area contributed by atoms with Crippen LogP contribution in [0.3, 0.4) is 0 Å². The number of thiophene rings is 1. The lowest BCUT2D eigenvalue weighted by Crippen LogP contribution is -2.44. The molecular weight excluding hydrogens is 513 g/mol. The largest absolute Gasteiger partial charge is 0.497 e. The molecule has 3 rings (SSSR count). The van der Waals surface area contributed by atoms with E-state index in [9.17, 15) is 5.11 Å². The van der Waals surface area contributed by atoms with Crippen molar-refractivity contribution in [3.05, 3.63) is 65.4 Å². The van der Waals surface area contributed by atoms with E-state index in [-0.39, 0.29) is 30.5 Å². The van der Waals surface area contributed by atoms with Crippen molar-refractivity contribution in [3.63, 3.8) is 0 Å². The summed E-state index contributed by atoms with van der Waals surface area (Å²) in [7, 11) is 1.67. The number of aliphatic hydroxyl groups is 1. The summed E-state index contributed by atoms with van der Waals surface area (Å²) >= 11 is 1.71. The zero-order valence-electron chi connectivity index (χ0n) is 17.3. The summed E-state index contributed by atoms with van der Waals surface area (Å²) in [5.74, 6) is 2.02. The molecule has 162 valence electrons. The highest BCUT2D eigenvalue weighted by atomic mass is 127. The molecule has 0 saturated heterocycles. The second-order valence-corrected chi connectivity index (χ2v) is 7.96. The first-order valence-electron chi connectivity index (χ1n) is 9.53. The van der Waals surface area contributed by atoms with Gasteiger partial charge in [0.25, 0.3) is 0 Å². The van der Waals surface area contributed by atoms with Gasteiger partial charge >= 0.3 is 0 Å². The lowest BCUT2D eigenvalue weighted by molar-refractivity contribution is 0.0386. The number of hydrogen-bond donors (Lipinski definition) is 3. The first kappa shape index (κ1) is 24.2. The smallest absolute Gasteiger partial charge is 0.191 e. The number of aliphatic imine (C=N–C) groups is 1. The molecule has 0 amide bonds. The van der Waals surface area contributed by atoms with Gasteiger partial charge in [-0.05, 0) is 67.9 Å². The molecule has 0 radical (unpaired) electrons. The first-order chi connectivity index (χ1) is 14.0. The van der Waals surface area contributed by atoms with E-state index >= 15 is 0 Å². The molecule has 6 nitrogen and oxygen atoms in total. The number of ether oxygens (including phenoxy) is 1. The van der Waals surface area contributed by atoms with Crippen LogP contribution in [0.25, 0.3) is 10.4 Å². The van der Waals surface area contributed by atoms with E-state index < -0.39 is 5.60 Å². The van der Waals surface area contributed by atoms with Crippen molar-refractivity contribution < 1.29 is 14.3 Å². The van der Waals surface area contributed by atoms with E-state index in [2.05, 4.69) is 39.9 Å². The molecule has 0 bridgehead atoms. The Bertz CT molecular complexity index is 922. The minimum atomic E-state index is -1.12. The lowest BCUT2D eigenvalue weighted by Gasteiger charge is -2.22. The Labute approximate surface area is 198 Å². The summed E-state index contributed by atoms with van der Waals surface area (Å²) in [6.07, 6.45) is 1.56. The van der Waals surface area contributed by atoms with Crippen molar-refractivity contribution in [2.45, 2.75) is 26.0 Å². The van der Waals surface area contributed by atoms with Crippen LogP contribution in [0.1, 0.15) is 24.5 Å². The fraction of sp³-hybridized carbons (Fsp3) is 0.318. The number of methoxy groups -OCH3 is 1. The van der Waals surface area contributed by atoms with Crippen LogP contribution in [0.4, 0.5) is 0 Å². The monoisotopic (exact) mass is 541 g/mol. The van der Waals surface area contributed by atoms with Gasteiger partial charge in [-0.3, -0.25) is 0 Å². The van der Waals surface area contributed by atoms with Crippen LogP contribution < -0.4 is 15.4 Å². The molecule has 1 aromatic carbocycles. The minimum Gasteiger partial charge on any atom is -0.497 e. The number of halogens is 1. The second-order valence-electron chi connectivity index (χ2n) is 6.79. The maximum absolute atomic E-state index is 10.6. The highest BCUT2D eigenvalue weighted by Gasteiger charge is 2.26. The van der Waals surface area contributed by atoms with Crippen LogP contribution in [-0.4, -0.2) is 31.3 Å². The van der Waals surface area contributed by atoms with Crippen molar-refractivity contribution in [3.8, 4) is 16.2 Å².